The van der Waals surface area contributed by atoms with E-state index in [4.69, 9.17) is 17.2 Å². The maximum absolute atomic E-state index is 12.5. The first-order valence-corrected chi connectivity index (χ1v) is 4.82. The summed E-state index contributed by atoms with van der Waals surface area (Å²) in [4.78, 5) is 7.14. The summed E-state index contributed by atoms with van der Waals surface area (Å²) in [5.41, 5.74) is 15.3. The molecule has 0 aliphatic heterocycles. The van der Waals surface area contributed by atoms with E-state index < -0.39 is 11.7 Å². The molecule has 18 heavy (non-hydrogen) atoms. The van der Waals surface area contributed by atoms with Gasteiger partial charge in [-0.2, -0.15) is 18.2 Å². The van der Waals surface area contributed by atoms with E-state index >= 15 is 0 Å². The highest BCUT2D eigenvalue weighted by Crippen LogP contribution is 2.32. The van der Waals surface area contributed by atoms with Crippen LogP contribution < -0.4 is 17.2 Å². The van der Waals surface area contributed by atoms with E-state index in [0.717, 1.165) is 12.1 Å². The summed E-state index contributed by atoms with van der Waals surface area (Å²) in [6.07, 6.45) is -4.44. The standard InChI is InChI=1S/C10H12F3N5/c1-5-2-3-6(10(11,12)13)4-7(5)17-9(16)18-8(14)15/h2-4H,1H3,(H6,14,15,16,17,18). The van der Waals surface area contributed by atoms with Gasteiger partial charge in [-0.15, -0.1) is 0 Å². The first-order valence-electron chi connectivity index (χ1n) is 4.82. The number of aliphatic imine (C=N–C) groups is 2. The average molecular weight is 259 g/mol. The molecule has 0 fully saturated rings. The maximum atomic E-state index is 12.5. The minimum Gasteiger partial charge on any atom is -0.370 e. The summed E-state index contributed by atoms with van der Waals surface area (Å²) in [7, 11) is 0. The van der Waals surface area contributed by atoms with E-state index in [-0.39, 0.29) is 17.6 Å². The van der Waals surface area contributed by atoms with Gasteiger partial charge in [-0.1, -0.05) is 6.07 Å². The number of benzene rings is 1. The fraction of sp³-hybridized carbons (Fsp3) is 0.200. The van der Waals surface area contributed by atoms with Crippen molar-refractivity contribution in [1.29, 1.82) is 0 Å². The van der Waals surface area contributed by atoms with Gasteiger partial charge in [-0.05, 0) is 24.6 Å². The summed E-state index contributed by atoms with van der Waals surface area (Å²) < 4.78 is 37.5. The Bertz CT molecular complexity index is 501. The van der Waals surface area contributed by atoms with Crippen LogP contribution in [-0.2, 0) is 6.18 Å². The number of nitrogens with two attached hydrogens (primary N) is 3. The second-order valence-electron chi connectivity index (χ2n) is 3.51. The van der Waals surface area contributed by atoms with E-state index in [0.29, 0.717) is 5.56 Å². The molecule has 0 bridgehead atoms. The lowest BCUT2D eigenvalue weighted by Crippen LogP contribution is -2.26. The van der Waals surface area contributed by atoms with Crippen molar-refractivity contribution in [3.8, 4) is 0 Å². The van der Waals surface area contributed by atoms with Crippen LogP contribution in [0.3, 0.4) is 0 Å². The zero-order valence-electron chi connectivity index (χ0n) is 9.49. The third kappa shape index (κ3) is 3.65. The van der Waals surface area contributed by atoms with E-state index in [1.165, 1.54) is 6.07 Å². The van der Waals surface area contributed by atoms with Gasteiger partial charge < -0.3 is 17.2 Å². The Morgan fingerprint density at radius 1 is 1.17 bits per heavy atom. The lowest BCUT2D eigenvalue weighted by atomic mass is 10.1. The average Bonchev–Trinajstić information content (AvgIpc) is 2.18. The van der Waals surface area contributed by atoms with Crippen molar-refractivity contribution in [2.75, 3.05) is 0 Å². The van der Waals surface area contributed by atoms with Crippen LogP contribution in [0.15, 0.2) is 28.2 Å². The number of aryl methyl sites for hydroxylation is 1. The molecule has 8 heteroatoms. The molecule has 0 saturated carbocycles. The molecule has 0 atom stereocenters. The molecule has 0 heterocycles. The smallest absolute Gasteiger partial charge is 0.370 e. The lowest BCUT2D eigenvalue weighted by Gasteiger charge is -2.08. The molecule has 0 aliphatic carbocycles. The zero-order valence-corrected chi connectivity index (χ0v) is 9.49. The highest BCUT2D eigenvalue weighted by atomic mass is 19.4. The molecule has 0 aliphatic rings. The second-order valence-corrected chi connectivity index (χ2v) is 3.51. The van der Waals surface area contributed by atoms with Gasteiger partial charge in [-0.3, -0.25) is 0 Å². The molecule has 0 spiro atoms. The summed E-state index contributed by atoms with van der Waals surface area (Å²) in [5.74, 6) is -0.627. The molecule has 6 N–H and O–H groups in total. The Hall–Kier alpha value is -2.25. The Balaban J connectivity index is 3.21. The van der Waals surface area contributed by atoms with Gasteiger partial charge in [0.2, 0.25) is 5.96 Å². The molecule has 1 aromatic carbocycles. The van der Waals surface area contributed by atoms with Crippen LogP contribution in [-0.4, -0.2) is 11.9 Å². The second kappa shape index (κ2) is 4.94. The molecule has 0 aromatic heterocycles. The van der Waals surface area contributed by atoms with Crippen LogP contribution in [0, 0.1) is 6.92 Å². The molecule has 1 aromatic rings. The third-order valence-electron chi connectivity index (χ3n) is 2.02. The van der Waals surface area contributed by atoms with Crippen LogP contribution in [0.2, 0.25) is 0 Å². The summed E-state index contributed by atoms with van der Waals surface area (Å²) in [6.45, 7) is 1.60. The molecule has 98 valence electrons. The molecule has 0 unspecified atom stereocenters. The monoisotopic (exact) mass is 259 g/mol. The number of nitrogens with zero attached hydrogens (tertiary/aromatic N) is 2. The molecule has 5 nitrogen and oxygen atoms in total. The van der Waals surface area contributed by atoms with Crippen molar-refractivity contribution in [2.24, 2.45) is 27.2 Å². The van der Waals surface area contributed by atoms with Crippen LogP contribution in [0.25, 0.3) is 0 Å². The molecule has 0 amide bonds. The Morgan fingerprint density at radius 2 is 1.78 bits per heavy atom. The molecule has 0 radical (unpaired) electrons. The van der Waals surface area contributed by atoms with E-state index in [1.54, 1.807) is 6.92 Å². The van der Waals surface area contributed by atoms with Gasteiger partial charge in [0.15, 0.2) is 5.96 Å². The van der Waals surface area contributed by atoms with Crippen molar-refractivity contribution >= 4 is 17.6 Å². The first-order chi connectivity index (χ1) is 8.20. The third-order valence-corrected chi connectivity index (χ3v) is 2.02. The largest absolute Gasteiger partial charge is 0.416 e. The Labute approximate surface area is 101 Å². The SMILES string of the molecule is Cc1ccc(C(F)(F)F)cc1N=C(N)N=C(N)N. The maximum Gasteiger partial charge on any atom is 0.416 e. The summed E-state index contributed by atoms with van der Waals surface area (Å²) in [5, 5.41) is 0. The number of hydrogen-bond donors (Lipinski definition) is 3. The van der Waals surface area contributed by atoms with Gasteiger partial charge in [0, 0.05) is 0 Å². The number of alkyl halides is 3. The molecule has 1 rings (SSSR count). The van der Waals surface area contributed by atoms with Crippen molar-refractivity contribution in [1.82, 2.24) is 0 Å². The van der Waals surface area contributed by atoms with Crippen LogP contribution in [0.1, 0.15) is 11.1 Å². The van der Waals surface area contributed by atoms with Gasteiger partial charge in [0.1, 0.15) is 0 Å². The van der Waals surface area contributed by atoms with Crippen molar-refractivity contribution in [3.63, 3.8) is 0 Å². The van der Waals surface area contributed by atoms with Crippen LogP contribution in [0.5, 0.6) is 0 Å². The van der Waals surface area contributed by atoms with E-state index in [1.807, 2.05) is 0 Å². The molecule has 0 saturated heterocycles. The van der Waals surface area contributed by atoms with Crippen molar-refractivity contribution in [2.45, 2.75) is 13.1 Å². The fourth-order valence-electron chi connectivity index (χ4n) is 1.19. The predicted octanol–water partition coefficient (Wildman–Crippen LogP) is 1.23. The number of guanidine groups is 2. The quantitative estimate of drug-likeness (QED) is 0.522. The van der Waals surface area contributed by atoms with Gasteiger partial charge in [-0.25, -0.2) is 4.99 Å². The minimum atomic E-state index is -4.44. The van der Waals surface area contributed by atoms with Crippen molar-refractivity contribution in [3.05, 3.63) is 29.3 Å². The first kappa shape index (κ1) is 13.8. The van der Waals surface area contributed by atoms with Gasteiger partial charge >= 0.3 is 6.18 Å². The Morgan fingerprint density at radius 3 is 2.28 bits per heavy atom. The predicted molar refractivity (Wildman–Crippen MR) is 63.3 cm³/mol. The number of halogens is 3. The Kier molecular flexibility index (Phi) is 3.79. The zero-order chi connectivity index (χ0) is 13.9. The number of rotatable bonds is 1. The van der Waals surface area contributed by atoms with E-state index in [9.17, 15) is 13.2 Å². The van der Waals surface area contributed by atoms with E-state index in [2.05, 4.69) is 9.98 Å². The lowest BCUT2D eigenvalue weighted by molar-refractivity contribution is -0.137. The summed E-state index contributed by atoms with van der Waals surface area (Å²) >= 11 is 0. The van der Waals surface area contributed by atoms with Gasteiger partial charge in [0.25, 0.3) is 0 Å². The highest BCUT2D eigenvalue weighted by Gasteiger charge is 2.30. The minimum absolute atomic E-state index is 0.0623. The molecular formula is C10H12F3N5. The molecular weight excluding hydrogens is 247 g/mol. The van der Waals surface area contributed by atoms with Crippen LogP contribution >= 0.6 is 0 Å². The normalized spacial score (nSPS) is 12.3. The summed E-state index contributed by atoms with van der Waals surface area (Å²) in [6, 6.07) is 3.14. The topological polar surface area (TPSA) is 103 Å². The van der Waals surface area contributed by atoms with Crippen molar-refractivity contribution < 1.29 is 13.2 Å². The van der Waals surface area contributed by atoms with Gasteiger partial charge in [0.05, 0.1) is 11.3 Å². The highest BCUT2D eigenvalue weighted by molar-refractivity contribution is 5.93. The fourth-order valence-corrected chi connectivity index (χ4v) is 1.19. The van der Waals surface area contributed by atoms with Crippen LogP contribution in [0.4, 0.5) is 18.9 Å². The number of hydrogen-bond acceptors (Lipinski definition) is 1.